The van der Waals surface area contributed by atoms with Crippen LogP contribution in [-0.2, 0) is 4.74 Å². The van der Waals surface area contributed by atoms with Crippen LogP contribution in [0.5, 0.6) is 5.75 Å². The number of aromatic nitrogens is 3. The molecule has 0 spiro atoms. The lowest BCUT2D eigenvalue weighted by Gasteiger charge is -2.25. The first-order valence-corrected chi connectivity index (χ1v) is 11.3. The molecular formula is C20H25F3IN5O2. The Kier molecular flexibility index (Phi) is 6.12. The fourth-order valence-electron chi connectivity index (χ4n) is 4.48. The molecule has 3 heterocycles. The summed E-state index contributed by atoms with van der Waals surface area (Å²) in [5.74, 6) is 0.690. The van der Waals surface area contributed by atoms with Gasteiger partial charge in [-0.2, -0.15) is 5.10 Å². The summed E-state index contributed by atoms with van der Waals surface area (Å²) >= 11 is 2.41. The summed E-state index contributed by atoms with van der Waals surface area (Å²) in [5, 5.41) is 4.68. The van der Waals surface area contributed by atoms with Crippen molar-refractivity contribution in [3.8, 4) is 17.0 Å². The van der Waals surface area contributed by atoms with E-state index in [1.807, 2.05) is 24.6 Å². The highest BCUT2D eigenvalue weighted by molar-refractivity contribution is 14.1. The number of nitrogens with two attached hydrogens (primary N) is 1. The molecule has 2 fully saturated rings. The molecule has 2 aliphatic rings. The summed E-state index contributed by atoms with van der Waals surface area (Å²) in [4.78, 5) is 6.31. The lowest BCUT2D eigenvalue weighted by atomic mass is 10.1. The maximum atomic E-state index is 12.7. The van der Waals surface area contributed by atoms with Crippen LogP contribution in [0, 0.1) is 11.8 Å². The van der Waals surface area contributed by atoms with Crippen molar-refractivity contribution in [2.75, 3.05) is 32.5 Å². The number of ether oxygens (including phenoxy) is 2. The molecule has 1 aliphatic carbocycles. The van der Waals surface area contributed by atoms with Gasteiger partial charge in [0.05, 0.1) is 16.3 Å². The molecule has 0 radical (unpaired) electrons. The lowest BCUT2D eigenvalue weighted by Crippen LogP contribution is -2.34. The van der Waals surface area contributed by atoms with Crippen molar-refractivity contribution in [1.82, 2.24) is 19.7 Å². The molecule has 2 N–H and O–H groups in total. The zero-order chi connectivity index (χ0) is 22.5. The van der Waals surface area contributed by atoms with Crippen LogP contribution in [0.4, 0.5) is 19.0 Å². The van der Waals surface area contributed by atoms with Gasteiger partial charge in [-0.1, -0.05) is 22.6 Å². The number of nitrogen functional groups attached to an aromatic ring is 1. The summed E-state index contributed by atoms with van der Waals surface area (Å²) in [6.07, 6.45) is -3.41. The topological polar surface area (TPSA) is 78.4 Å². The Labute approximate surface area is 192 Å². The summed E-state index contributed by atoms with van der Waals surface area (Å²) in [6, 6.07) is 3.34. The van der Waals surface area contributed by atoms with E-state index < -0.39 is 12.1 Å². The second-order valence-electron chi connectivity index (χ2n) is 8.35. The molecule has 7 nitrogen and oxygen atoms in total. The van der Waals surface area contributed by atoms with Crippen molar-refractivity contribution < 1.29 is 22.6 Å². The molecule has 31 heavy (non-hydrogen) atoms. The first-order chi connectivity index (χ1) is 14.6. The number of rotatable bonds is 7. The summed E-state index contributed by atoms with van der Waals surface area (Å²) in [5.41, 5.74) is 7.68. The van der Waals surface area contributed by atoms with Crippen LogP contribution < -0.4 is 10.5 Å². The third-order valence-electron chi connectivity index (χ3n) is 5.92. The average molecular weight is 551 g/mol. The fourth-order valence-corrected chi connectivity index (χ4v) is 5.30. The highest BCUT2D eigenvalue weighted by Gasteiger charge is 2.58. The Balaban J connectivity index is 1.57. The van der Waals surface area contributed by atoms with Gasteiger partial charge >= 0.3 is 6.36 Å². The monoisotopic (exact) mass is 551 g/mol. The van der Waals surface area contributed by atoms with E-state index in [-0.39, 0.29) is 11.9 Å². The van der Waals surface area contributed by atoms with E-state index >= 15 is 0 Å². The van der Waals surface area contributed by atoms with E-state index in [4.69, 9.17) is 10.5 Å². The predicted molar refractivity (Wildman–Crippen MR) is 118 cm³/mol. The number of methoxy groups -OCH3 is 1. The zero-order valence-electron chi connectivity index (χ0n) is 17.4. The SMILES string of the molecule is COCC(I)N1C[C@@H]2C(c3cc(-c4cnc(N)c(OC(F)(F)F)c4)nn3C(C)C)[C@@H]2C1. The zero-order valence-corrected chi connectivity index (χ0v) is 19.6. The van der Waals surface area contributed by atoms with Gasteiger partial charge in [0.25, 0.3) is 0 Å². The average Bonchev–Trinajstić information content (AvgIpc) is 3.05. The summed E-state index contributed by atoms with van der Waals surface area (Å²) in [6.45, 7) is 6.81. The van der Waals surface area contributed by atoms with Gasteiger partial charge in [-0.25, -0.2) is 4.98 Å². The van der Waals surface area contributed by atoms with Crippen molar-refractivity contribution in [1.29, 1.82) is 0 Å². The molecule has 4 atom stereocenters. The van der Waals surface area contributed by atoms with Crippen LogP contribution in [0.15, 0.2) is 18.3 Å². The third-order valence-corrected chi connectivity index (χ3v) is 7.07. The van der Waals surface area contributed by atoms with Crippen LogP contribution >= 0.6 is 22.6 Å². The van der Waals surface area contributed by atoms with Gasteiger partial charge in [0.1, 0.15) is 0 Å². The minimum atomic E-state index is -4.84. The number of hydrogen-bond donors (Lipinski definition) is 1. The largest absolute Gasteiger partial charge is 0.573 e. The quantitative estimate of drug-likeness (QED) is 0.318. The Morgan fingerprint density at radius 3 is 2.52 bits per heavy atom. The second kappa shape index (κ2) is 8.39. The molecule has 2 aromatic heterocycles. The van der Waals surface area contributed by atoms with Gasteiger partial charge in [0.15, 0.2) is 11.6 Å². The first kappa shape index (κ1) is 22.6. The minimum absolute atomic E-state index is 0.125. The predicted octanol–water partition coefficient (Wildman–Crippen LogP) is 4.06. The highest BCUT2D eigenvalue weighted by atomic mass is 127. The van der Waals surface area contributed by atoms with Crippen LogP contribution in [0.3, 0.4) is 0 Å². The van der Waals surface area contributed by atoms with Crippen molar-refractivity contribution >= 4 is 28.4 Å². The Bertz CT molecular complexity index is 939. The fraction of sp³-hybridized carbons (Fsp3) is 0.600. The number of nitrogens with zero attached hydrogens (tertiary/aromatic N) is 4. The number of hydrogen-bond acceptors (Lipinski definition) is 6. The van der Waals surface area contributed by atoms with Crippen LogP contribution in [0.25, 0.3) is 11.3 Å². The Hall–Kier alpha value is -1.60. The van der Waals surface area contributed by atoms with E-state index in [9.17, 15) is 13.2 Å². The van der Waals surface area contributed by atoms with Crippen molar-refractivity contribution in [2.24, 2.45) is 11.8 Å². The van der Waals surface area contributed by atoms with Gasteiger partial charge in [0, 0.05) is 49.6 Å². The van der Waals surface area contributed by atoms with Gasteiger partial charge in [-0.05, 0) is 37.8 Å². The molecule has 1 saturated carbocycles. The molecule has 2 unspecified atom stereocenters. The summed E-state index contributed by atoms with van der Waals surface area (Å²) < 4.78 is 49.6. The molecule has 1 saturated heterocycles. The number of alkyl halides is 4. The minimum Gasteiger partial charge on any atom is -0.402 e. The first-order valence-electron chi connectivity index (χ1n) is 10.1. The normalized spacial score (nSPS) is 24.5. The number of likely N-dealkylation sites (tertiary alicyclic amines) is 1. The van der Waals surface area contributed by atoms with Crippen molar-refractivity contribution in [2.45, 2.75) is 36.2 Å². The molecule has 0 aromatic carbocycles. The van der Waals surface area contributed by atoms with Gasteiger partial charge in [-0.15, -0.1) is 13.2 Å². The molecule has 11 heteroatoms. The van der Waals surface area contributed by atoms with Gasteiger partial charge in [-0.3, -0.25) is 9.58 Å². The van der Waals surface area contributed by atoms with Crippen LogP contribution in [0.1, 0.15) is 31.5 Å². The second-order valence-corrected chi connectivity index (χ2v) is 9.78. The number of fused-ring (bicyclic) bond motifs is 1. The van der Waals surface area contributed by atoms with Crippen molar-refractivity contribution in [3.63, 3.8) is 0 Å². The maximum Gasteiger partial charge on any atom is 0.573 e. The molecule has 1 aliphatic heterocycles. The molecule has 0 amide bonds. The number of piperidine rings is 1. The molecule has 2 aromatic rings. The molecular weight excluding hydrogens is 526 g/mol. The number of anilines is 1. The van der Waals surface area contributed by atoms with Gasteiger partial charge in [0.2, 0.25) is 0 Å². The number of halogens is 4. The number of pyridine rings is 1. The Morgan fingerprint density at radius 2 is 1.94 bits per heavy atom. The van der Waals surface area contributed by atoms with E-state index in [0.29, 0.717) is 39.7 Å². The summed E-state index contributed by atoms with van der Waals surface area (Å²) in [7, 11) is 1.71. The van der Waals surface area contributed by atoms with Crippen LogP contribution in [-0.4, -0.2) is 56.9 Å². The van der Waals surface area contributed by atoms with E-state index in [2.05, 4.69) is 42.3 Å². The molecule has 4 rings (SSSR count). The third kappa shape index (κ3) is 4.63. The lowest BCUT2D eigenvalue weighted by molar-refractivity contribution is -0.274. The highest BCUT2D eigenvalue weighted by Crippen LogP contribution is 2.59. The van der Waals surface area contributed by atoms with E-state index in [1.165, 1.54) is 12.3 Å². The molecule has 0 bridgehead atoms. The Morgan fingerprint density at radius 1 is 1.26 bits per heavy atom. The maximum absolute atomic E-state index is 12.7. The standard InChI is InChI=1S/C20H25F3IN5O2/c1-10(2)29-15(18-12-7-28(8-13(12)18)17(24)9-30-3)5-14(27-29)11-4-16(19(25)26-6-11)31-20(21,22)23/h4-6,10,12-13,17-18H,7-9H2,1-3H3,(H2,25,26)/t12-,13+,17?,18?. The van der Waals surface area contributed by atoms with E-state index in [1.54, 1.807) is 7.11 Å². The smallest absolute Gasteiger partial charge is 0.402 e. The molecule has 170 valence electrons. The van der Waals surface area contributed by atoms with Gasteiger partial charge < -0.3 is 15.2 Å². The van der Waals surface area contributed by atoms with Crippen LogP contribution in [0.2, 0.25) is 0 Å². The van der Waals surface area contributed by atoms with Crippen molar-refractivity contribution in [3.05, 3.63) is 24.0 Å². The van der Waals surface area contributed by atoms with E-state index in [0.717, 1.165) is 18.8 Å².